The van der Waals surface area contributed by atoms with Crippen LogP contribution in [-0.2, 0) is 9.47 Å². The third kappa shape index (κ3) is 2.12. The Morgan fingerprint density at radius 3 is 2.57 bits per heavy atom. The normalized spacial score (nSPS) is 45.0. The van der Waals surface area contributed by atoms with E-state index in [1.807, 2.05) is 0 Å². The van der Waals surface area contributed by atoms with Gasteiger partial charge in [-0.3, -0.25) is 0 Å². The van der Waals surface area contributed by atoms with Crippen molar-refractivity contribution in [3.05, 3.63) is 0 Å². The van der Waals surface area contributed by atoms with Gasteiger partial charge in [-0.15, -0.1) is 0 Å². The Bertz CT molecular complexity index is 161. The predicted octanol–water partition coefficient (Wildman–Crippen LogP) is 2.47. The highest BCUT2D eigenvalue weighted by Crippen LogP contribution is 2.33. The second-order valence-electron chi connectivity index (χ2n) is 4.96. The molecule has 0 aromatic heterocycles. The van der Waals surface area contributed by atoms with E-state index in [2.05, 4.69) is 13.8 Å². The SMILES string of the molecule is CC1CCOCC1C1OCCCC1C. The van der Waals surface area contributed by atoms with Crippen molar-refractivity contribution in [3.63, 3.8) is 0 Å². The van der Waals surface area contributed by atoms with Gasteiger partial charge in [-0.2, -0.15) is 0 Å². The zero-order valence-corrected chi connectivity index (χ0v) is 9.37. The minimum absolute atomic E-state index is 0.457. The van der Waals surface area contributed by atoms with E-state index >= 15 is 0 Å². The summed E-state index contributed by atoms with van der Waals surface area (Å²) in [4.78, 5) is 0. The van der Waals surface area contributed by atoms with Gasteiger partial charge in [0.15, 0.2) is 0 Å². The van der Waals surface area contributed by atoms with Crippen LogP contribution in [0.25, 0.3) is 0 Å². The van der Waals surface area contributed by atoms with Crippen LogP contribution in [0.2, 0.25) is 0 Å². The monoisotopic (exact) mass is 198 g/mol. The average molecular weight is 198 g/mol. The average Bonchev–Trinajstić information content (AvgIpc) is 2.20. The fourth-order valence-corrected chi connectivity index (χ4v) is 2.78. The van der Waals surface area contributed by atoms with Crippen molar-refractivity contribution in [3.8, 4) is 0 Å². The van der Waals surface area contributed by atoms with Gasteiger partial charge in [0, 0.05) is 19.1 Å². The molecule has 0 radical (unpaired) electrons. The van der Waals surface area contributed by atoms with Crippen molar-refractivity contribution in [2.45, 2.75) is 39.2 Å². The summed E-state index contributed by atoms with van der Waals surface area (Å²) in [6.45, 7) is 7.48. The molecule has 2 aliphatic rings. The first-order valence-electron chi connectivity index (χ1n) is 5.98. The first-order chi connectivity index (χ1) is 6.79. The Morgan fingerprint density at radius 2 is 1.86 bits per heavy atom. The zero-order chi connectivity index (χ0) is 9.97. The maximum Gasteiger partial charge on any atom is 0.0653 e. The van der Waals surface area contributed by atoms with Crippen molar-refractivity contribution in [2.75, 3.05) is 19.8 Å². The smallest absolute Gasteiger partial charge is 0.0653 e. The molecule has 2 aliphatic heterocycles. The second kappa shape index (κ2) is 4.63. The molecular formula is C12H22O2. The van der Waals surface area contributed by atoms with Crippen molar-refractivity contribution < 1.29 is 9.47 Å². The molecule has 2 heterocycles. The molecule has 4 unspecified atom stereocenters. The van der Waals surface area contributed by atoms with Gasteiger partial charge in [-0.05, 0) is 31.1 Å². The van der Waals surface area contributed by atoms with E-state index in [1.54, 1.807) is 0 Å². The lowest BCUT2D eigenvalue weighted by Crippen LogP contribution is -2.42. The van der Waals surface area contributed by atoms with Crippen molar-refractivity contribution in [2.24, 2.45) is 17.8 Å². The summed E-state index contributed by atoms with van der Waals surface area (Å²) >= 11 is 0. The summed E-state index contributed by atoms with van der Waals surface area (Å²) in [7, 11) is 0. The van der Waals surface area contributed by atoms with Crippen molar-refractivity contribution in [1.82, 2.24) is 0 Å². The van der Waals surface area contributed by atoms with E-state index in [0.717, 1.165) is 31.7 Å². The minimum atomic E-state index is 0.457. The Morgan fingerprint density at radius 1 is 1.00 bits per heavy atom. The maximum absolute atomic E-state index is 5.92. The summed E-state index contributed by atoms with van der Waals surface area (Å²) in [5.41, 5.74) is 0. The van der Waals surface area contributed by atoms with E-state index in [0.29, 0.717) is 12.0 Å². The lowest BCUT2D eigenvalue weighted by molar-refractivity contribution is -0.109. The molecule has 2 fully saturated rings. The maximum atomic E-state index is 5.92. The summed E-state index contributed by atoms with van der Waals surface area (Å²) in [5.74, 6) is 2.13. The highest BCUT2D eigenvalue weighted by molar-refractivity contribution is 4.83. The van der Waals surface area contributed by atoms with Crippen LogP contribution in [-0.4, -0.2) is 25.9 Å². The molecule has 2 rings (SSSR count). The van der Waals surface area contributed by atoms with Crippen LogP contribution < -0.4 is 0 Å². The Balaban J connectivity index is 1.96. The van der Waals surface area contributed by atoms with E-state index < -0.39 is 0 Å². The number of hydrogen-bond acceptors (Lipinski definition) is 2. The summed E-state index contributed by atoms with van der Waals surface area (Å²) in [6, 6.07) is 0. The lowest BCUT2D eigenvalue weighted by Gasteiger charge is -2.40. The van der Waals surface area contributed by atoms with Crippen LogP contribution in [0.3, 0.4) is 0 Å². The molecule has 14 heavy (non-hydrogen) atoms. The fourth-order valence-electron chi connectivity index (χ4n) is 2.78. The van der Waals surface area contributed by atoms with Crippen LogP contribution in [0.4, 0.5) is 0 Å². The molecule has 0 aliphatic carbocycles. The molecular weight excluding hydrogens is 176 g/mol. The van der Waals surface area contributed by atoms with E-state index in [-0.39, 0.29) is 0 Å². The first-order valence-corrected chi connectivity index (χ1v) is 5.98. The van der Waals surface area contributed by atoms with Crippen LogP contribution >= 0.6 is 0 Å². The van der Waals surface area contributed by atoms with Gasteiger partial charge in [-0.25, -0.2) is 0 Å². The molecule has 0 N–H and O–H groups in total. The predicted molar refractivity (Wildman–Crippen MR) is 56.2 cm³/mol. The van der Waals surface area contributed by atoms with Gasteiger partial charge < -0.3 is 9.47 Å². The molecule has 0 saturated carbocycles. The molecule has 0 aromatic rings. The molecule has 0 bridgehead atoms. The fraction of sp³-hybridized carbons (Fsp3) is 1.00. The first kappa shape index (κ1) is 10.4. The molecule has 82 valence electrons. The minimum Gasteiger partial charge on any atom is -0.381 e. The molecule has 2 nitrogen and oxygen atoms in total. The number of hydrogen-bond donors (Lipinski definition) is 0. The molecule has 0 amide bonds. The number of rotatable bonds is 1. The molecule has 0 aromatic carbocycles. The lowest BCUT2D eigenvalue weighted by atomic mass is 9.79. The Kier molecular flexibility index (Phi) is 3.45. The van der Waals surface area contributed by atoms with Gasteiger partial charge in [0.2, 0.25) is 0 Å². The third-order valence-electron chi connectivity index (χ3n) is 3.86. The van der Waals surface area contributed by atoms with Crippen molar-refractivity contribution >= 4 is 0 Å². The van der Waals surface area contributed by atoms with Gasteiger partial charge in [-0.1, -0.05) is 13.8 Å². The summed E-state index contributed by atoms with van der Waals surface area (Å²) in [5, 5.41) is 0. The van der Waals surface area contributed by atoms with E-state index in [9.17, 15) is 0 Å². The summed E-state index contributed by atoms with van der Waals surface area (Å²) < 4.78 is 11.5. The third-order valence-corrected chi connectivity index (χ3v) is 3.86. The molecule has 0 spiro atoms. The molecule has 2 heteroatoms. The van der Waals surface area contributed by atoms with E-state index in [1.165, 1.54) is 19.3 Å². The Hall–Kier alpha value is -0.0800. The van der Waals surface area contributed by atoms with Crippen LogP contribution in [0.15, 0.2) is 0 Å². The summed E-state index contributed by atoms with van der Waals surface area (Å²) in [6.07, 6.45) is 4.23. The van der Waals surface area contributed by atoms with Crippen LogP contribution in [0.5, 0.6) is 0 Å². The van der Waals surface area contributed by atoms with Gasteiger partial charge >= 0.3 is 0 Å². The Labute approximate surface area is 87.0 Å². The van der Waals surface area contributed by atoms with E-state index in [4.69, 9.17) is 9.47 Å². The van der Waals surface area contributed by atoms with Crippen molar-refractivity contribution in [1.29, 1.82) is 0 Å². The van der Waals surface area contributed by atoms with Crippen LogP contribution in [0.1, 0.15) is 33.1 Å². The molecule has 2 saturated heterocycles. The topological polar surface area (TPSA) is 18.5 Å². The highest BCUT2D eigenvalue weighted by atomic mass is 16.5. The highest BCUT2D eigenvalue weighted by Gasteiger charge is 2.35. The van der Waals surface area contributed by atoms with Crippen LogP contribution in [0, 0.1) is 17.8 Å². The van der Waals surface area contributed by atoms with Gasteiger partial charge in [0.1, 0.15) is 0 Å². The number of ether oxygens (including phenoxy) is 2. The van der Waals surface area contributed by atoms with Gasteiger partial charge in [0.25, 0.3) is 0 Å². The standard InChI is InChI=1S/C12H22O2/c1-9-5-7-13-8-11(9)12-10(2)4-3-6-14-12/h9-12H,3-8H2,1-2H3. The zero-order valence-electron chi connectivity index (χ0n) is 9.37. The largest absolute Gasteiger partial charge is 0.381 e. The molecule has 4 atom stereocenters. The van der Waals surface area contributed by atoms with Gasteiger partial charge in [0.05, 0.1) is 12.7 Å². The quantitative estimate of drug-likeness (QED) is 0.644. The second-order valence-corrected chi connectivity index (χ2v) is 4.96.